The number of nitrogens with zero attached hydrogens (tertiary/aromatic N) is 1. The number of amides is 1. The Hall–Kier alpha value is -1.99. The summed E-state index contributed by atoms with van der Waals surface area (Å²) >= 11 is 0. The summed E-state index contributed by atoms with van der Waals surface area (Å²) < 4.78 is 25.3. The Morgan fingerprint density at radius 1 is 1.50 bits per heavy atom. The normalized spacial score (nSPS) is 16.6. The van der Waals surface area contributed by atoms with Crippen LogP contribution in [0.2, 0.25) is 0 Å². The number of H-pyrrole nitrogens is 1. The number of carboxylic acids is 1. The maximum absolute atomic E-state index is 12.7. The van der Waals surface area contributed by atoms with E-state index in [0.717, 1.165) is 6.07 Å². The van der Waals surface area contributed by atoms with Crippen molar-refractivity contribution >= 4 is 11.9 Å². The summed E-state index contributed by atoms with van der Waals surface area (Å²) in [6.45, 7) is 0. The molecule has 0 radical (unpaired) electrons. The van der Waals surface area contributed by atoms with E-state index in [9.17, 15) is 18.4 Å². The highest BCUT2D eigenvalue weighted by Gasteiger charge is 2.38. The summed E-state index contributed by atoms with van der Waals surface area (Å²) in [4.78, 5) is 22.2. The zero-order valence-corrected chi connectivity index (χ0v) is 9.19. The van der Waals surface area contributed by atoms with Gasteiger partial charge >= 0.3 is 5.97 Å². The van der Waals surface area contributed by atoms with Crippen molar-refractivity contribution in [1.29, 1.82) is 0 Å². The van der Waals surface area contributed by atoms with Gasteiger partial charge in [0.15, 0.2) is 5.69 Å². The zero-order valence-electron chi connectivity index (χ0n) is 9.19. The summed E-state index contributed by atoms with van der Waals surface area (Å²) in [5.74, 6) is -2.27. The molecule has 1 saturated carbocycles. The number of aromatic amines is 1. The highest BCUT2D eigenvalue weighted by molar-refractivity contribution is 5.95. The van der Waals surface area contributed by atoms with Crippen LogP contribution in [0, 0.1) is 5.92 Å². The lowest BCUT2D eigenvalue weighted by molar-refractivity contribution is 0.0690. The monoisotopic (exact) mass is 259 g/mol. The van der Waals surface area contributed by atoms with Crippen LogP contribution >= 0.6 is 0 Å². The molecular formula is C10H11F2N3O3. The molecule has 0 aliphatic heterocycles. The van der Waals surface area contributed by atoms with E-state index >= 15 is 0 Å². The fourth-order valence-electron chi connectivity index (χ4n) is 1.61. The second-order valence-corrected chi connectivity index (χ2v) is 4.14. The quantitative estimate of drug-likeness (QED) is 0.731. The Labute approximate surface area is 100 Å². The van der Waals surface area contributed by atoms with E-state index in [1.165, 1.54) is 0 Å². The molecule has 1 aliphatic carbocycles. The number of carbonyl (C=O) groups is 2. The predicted octanol–water partition coefficient (Wildman–Crippen LogP) is 0.881. The van der Waals surface area contributed by atoms with Crippen LogP contribution in [0.25, 0.3) is 0 Å². The number of hydrogen-bond acceptors (Lipinski definition) is 3. The lowest BCUT2D eigenvalue weighted by Crippen LogP contribution is -2.41. The van der Waals surface area contributed by atoms with Crippen molar-refractivity contribution in [3.05, 3.63) is 17.5 Å². The molecule has 1 heterocycles. The molecule has 2 rings (SSSR count). The fraction of sp³-hybridized carbons (Fsp3) is 0.500. The first-order valence-electron chi connectivity index (χ1n) is 5.36. The van der Waals surface area contributed by atoms with Crippen LogP contribution in [0.1, 0.15) is 33.8 Å². The summed E-state index contributed by atoms with van der Waals surface area (Å²) in [6.07, 6.45) is -1.31. The van der Waals surface area contributed by atoms with Crippen LogP contribution in [0.15, 0.2) is 6.07 Å². The van der Waals surface area contributed by atoms with E-state index < -0.39 is 24.3 Å². The third kappa shape index (κ3) is 2.63. The third-order valence-corrected chi connectivity index (χ3v) is 2.74. The van der Waals surface area contributed by atoms with Crippen LogP contribution < -0.4 is 5.32 Å². The minimum atomic E-state index is -2.64. The van der Waals surface area contributed by atoms with Gasteiger partial charge in [0, 0.05) is 6.07 Å². The highest BCUT2D eigenvalue weighted by Crippen LogP contribution is 2.35. The number of carboxylic acid groups (broad SMARTS) is 1. The molecule has 3 N–H and O–H groups in total. The molecule has 1 fully saturated rings. The first-order chi connectivity index (χ1) is 8.49. The van der Waals surface area contributed by atoms with Gasteiger partial charge in [-0.25, -0.2) is 13.6 Å². The average molecular weight is 259 g/mol. The van der Waals surface area contributed by atoms with Crippen molar-refractivity contribution < 1.29 is 23.5 Å². The van der Waals surface area contributed by atoms with Gasteiger partial charge in [-0.15, -0.1) is 0 Å². The summed E-state index contributed by atoms with van der Waals surface area (Å²) in [5, 5.41) is 16.4. The number of rotatable bonds is 5. The number of aromatic carboxylic acids is 1. The topological polar surface area (TPSA) is 95.1 Å². The largest absolute Gasteiger partial charge is 0.477 e. The van der Waals surface area contributed by atoms with Crippen molar-refractivity contribution in [2.75, 3.05) is 0 Å². The summed E-state index contributed by atoms with van der Waals surface area (Å²) in [7, 11) is 0. The van der Waals surface area contributed by atoms with Gasteiger partial charge < -0.3 is 10.4 Å². The van der Waals surface area contributed by atoms with Crippen LogP contribution in [-0.4, -0.2) is 39.6 Å². The number of aromatic nitrogens is 2. The number of carbonyl (C=O) groups excluding carboxylic acids is 1. The third-order valence-electron chi connectivity index (χ3n) is 2.74. The molecule has 8 heteroatoms. The van der Waals surface area contributed by atoms with Gasteiger partial charge in [0.2, 0.25) is 0 Å². The lowest BCUT2D eigenvalue weighted by atomic mass is 10.2. The van der Waals surface area contributed by atoms with E-state index in [4.69, 9.17) is 5.11 Å². The minimum absolute atomic E-state index is 0.202. The smallest absolute Gasteiger partial charge is 0.353 e. The predicted molar refractivity (Wildman–Crippen MR) is 55.5 cm³/mol. The molecule has 1 atom stereocenters. The van der Waals surface area contributed by atoms with E-state index in [1.54, 1.807) is 0 Å². The molecule has 0 aromatic carbocycles. The molecule has 0 bridgehead atoms. The van der Waals surface area contributed by atoms with Crippen LogP contribution in [-0.2, 0) is 0 Å². The van der Waals surface area contributed by atoms with Crippen LogP contribution in [0.5, 0.6) is 0 Å². The van der Waals surface area contributed by atoms with Crippen molar-refractivity contribution in [3.8, 4) is 0 Å². The van der Waals surface area contributed by atoms with E-state index in [1.807, 2.05) is 0 Å². The van der Waals surface area contributed by atoms with Crippen molar-refractivity contribution in [2.24, 2.45) is 5.92 Å². The number of nitrogens with one attached hydrogen (secondary N) is 2. The number of hydrogen-bond donors (Lipinski definition) is 3. The molecule has 6 nitrogen and oxygen atoms in total. The molecule has 18 heavy (non-hydrogen) atoms. The maximum atomic E-state index is 12.7. The molecule has 1 aliphatic rings. The Balaban J connectivity index is 2.03. The van der Waals surface area contributed by atoms with Crippen LogP contribution in [0.3, 0.4) is 0 Å². The van der Waals surface area contributed by atoms with Gasteiger partial charge in [-0.3, -0.25) is 9.89 Å². The van der Waals surface area contributed by atoms with E-state index in [-0.39, 0.29) is 17.3 Å². The number of alkyl halides is 2. The van der Waals surface area contributed by atoms with E-state index in [0.29, 0.717) is 12.8 Å². The first kappa shape index (κ1) is 12.5. The second kappa shape index (κ2) is 4.71. The molecule has 1 aromatic rings. The zero-order chi connectivity index (χ0) is 13.3. The Bertz CT molecular complexity index is 469. The average Bonchev–Trinajstić information content (AvgIpc) is 3.00. The number of halogens is 2. The Morgan fingerprint density at radius 3 is 2.61 bits per heavy atom. The molecule has 1 unspecified atom stereocenters. The van der Waals surface area contributed by atoms with Gasteiger partial charge in [-0.05, 0) is 18.8 Å². The van der Waals surface area contributed by atoms with Gasteiger partial charge in [0.05, 0.1) is 6.04 Å². The second-order valence-electron chi connectivity index (χ2n) is 4.14. The van der Waals surface area contributed by atoms with Crippen LogP contribution in [0.4, 0.5) is 8.78 Å². The fourth-order valence-corrected chi connectivity index (χ4v) is 1.61. The van der Waals surface area contributed by atoms with Crippen molar-refractivity contribution in [3.63, 3.8) is 0 Å². The van der Waals surface area contributed by atoms with Gasteiger partial charge in [-0.1, -0.05) is 0 Å². The molecule has 1 aromatic heterocycles. The first-order valence-corrected chi connectivity index (χ1v) is 5.36. The molecule has 0 spiro atoms. The summed E-state index contributed by atoms with van der Waals surface area (Å²) in [5.41, 5.74) is -0.473. The van der Waals surface area contributed by atoms with E-state index in [2.05, 4.69) is 15.5 Å². The SMILES string of the molecule is O=C(NC(C(F)F)C1CC1)c1cc(C(=O)O)[nH]n1. The highest BCUT2D eigenvalue weighted by atomic mass is 19.3. The Kier molecular flexibility index (Phi) is 3.26. The van der Waals surface area contributed by atoms with Crippen molar-refractivity contribution in [2.45, 2.75) is 25.3 Å². The maximum Gasteiger partial charge on any atom is 0.353 e. The molecule has 98 valence electrons. The lowest BCUT2D eigenvalue weighted by Gasteiger charge is -2.16. The van der Waals surface area contributed by atoms with Gasteiger partial charge in [0.25, 0.3) is 12.3 Å². The minimum Gasteiger partial charge on any atom is -0.477 e. The summed E-state index contributed by atoms with van der Waals surface area (Å²) in [6, 6.07) is -0.185. The standard InChI is InChI=1S/C10H11F2N3O3/c11-8(12)7(4-1-2-4)13-9(16)5-3-6(10(17)18)15-14-5/h3-4,7-8H,1-2H2,(H,13,16)(H,14,15)(H,17,18). The molecule has 0 saturated heterocycles. The van der Waals surface area contributed by atoms with Crippen molar-refractivity contribution in [1.82, 2.24) is 15.5 Å². The molecule has 1 amide bonds. The van der Waals surface area contributed by atoms with Gasteiger partial charge in [-0.2, -0.15) is 5.10 Å². The molecular weight excluding hydrogens is 248 g/mol. The Morgan fingerprint density at radius 2 is 2.17 bits per heavy atom. The van der Waals surface area contributed by atoms with Gasteiger partial charge in [0.1, 0.15) is 5.69 Å².